The molecule has 7 heteroatoms. The van der Waals surface area contributed by atoms with Crippen LogP contribution >= 0.6 is 0 Å². The number of carbonyl (C=O) groups excluding carboxylic acids is 2. The van der Waals surface area contributed by atoms with Gasteiger partial charge in [-0.3, -0.25) is 9.59 Å². The number of nitrogens with zero attached hydrogens (tertiary/aromatic N) is 3. The highest BCUT2D eigenvalue weighted by molar-refractivity contribution is 5.96. The number of benzene rings is 2. The third-order valence-electron chi connectivity index (χ3n) is 6.28. The number of pyridine rings is 1. The molecule has 5 rings (SSSR count). The van der Waals surface area contributed by atoms with Gasteiger partial charge in [-0.2, -0.15) is 0 Å². The zero-order valence-electron chi connectivity index (χ0n) is 19.7. The van der Waals surface area contributed by atoms with Gasteiger partial charge in [-0.25, -0.2) is 4.98 Å². The zero-order chi connectivity index (χ0) is 24.2. The lowest BCUT2D eigenvalue weighted by atomic mass is 9.96. The number of hydrogen-bond acceptors (Lipinski definition) is 4. The molecular weight excluding hydrogens is 440 g/mol. The molecule has 0 aliphatic carbocycles. The van der Waals surface area contributed by atoms with Crippen molar-refractivity contribution in [2.24, 2.45) is 5.92 Å². The number of imidazole rings is 1. The molecule has 0 radical (unpaired) electrons. The van der Waals surface area contributed by atoms with Crippen LogP contribution in [0.4, 0.5) is 5.69 Å². The first kappa shape index (κ1) is 22.7. The van der Waals surface area contributed by atoms with Crippen LogP contribution in [0.15, 0.2) is 79.1 Å². The molecule has 1 aliphatic heterocycles. The monoisotopic (exact) mass is 468 g/mol. The molecule has 1 atom stereocenters. The van der Waals surface area contributed by atoms with Crippen molar-refractivity contribution < 1.29 is 14.3 Å². The van der Waals surface area contributed by atoms with Gasteiger partial charge >= 0.3 is 0 Å². The smallest absolute Gasteiger partial charge is 0.253 e. The van der Waals surface area contributed by atoms with Crippen LogP contribution in [0.3, 0.4) is 0 Å². The number of hydrogen-bond donors (Lipinski definition) is 1. The fourth-order valence-electron chi connectivity index (χ4n) is 4.38. The lowest BCUT2D eigenvalue weighted by molar-refractivity contribution is -0.121. The summed E-state index contributed by atoms with van der Waals surface area (Å²) in [5, 5.41) is 3.00. The van der Waals surface area contributed by atoms with Crippen molar-refractivity contribution >= 4 is 23.1 Å². The summed E-state index contributed by atoms with van der Waals surface area (Å²) < 4.78 is 7.87. The van der Waals surface area contributed by atoms with Gasteiger partial charge in [0.15, 0.2) is 0 Å². The number of carbonyl (C=O) groups is 2. The van der Waals surface area contributed by atoms with Gasteiger partial charge in [0.1, 0.15) is 18.0 Å². The van der Waals surface area contributed by atoms with Crippen LogP contribution in [0, 0.1) is 12.8 Å². The summed E-state index contributed by atoms with van der Waals surface area (Å²) in [4.78, 5) is 32.2. The van der Waals surface area contributed by atoms with Crippen LogP contribution < -0.4 is 10.1 Å². The molecular formula is C28H28N4O3. The van der Waals surface area contributed by atoms with E-state index >= 15 is 0 Å². The molecule has 3 heterocycles. The number of ether oxygens (including phenoxy) is 1. The second kappa shape index (κ2) is 10.0. The van der Waals surface area contributed by atoms with E-state index < -0.39 is 0 Å². The number of aryl methyl sites for hydroxylation is 1. The Morgan fingerprint density at radius 1 is 1.09 bits per heavy atom. The molecule has 2 aromatic heterocycles. The fraction of sp³-hybridized carbons (Fsp3) is 0.250. The summed E-state index contributed by atoms with van der Waals surface area (Å²) in [5.74, 6) is 0.300. The Labute approximate surface area is 204 Å². The van der Waals surface area contributed by atoms with E-state index in [-0.39, 0.29) is 17.7 Å². The van der Waals surface area contributed by atoms with Gasteiger partial charge in [0, 0.05) is 42.8 Å². The van der Waals surface area contributed by atoms with Gasteiger partial charge in [0.25, 0.3) is 5.91 Å². The fourth-order valence-corrected chi connectivity index (χ4v) is 4.38. The molecule has 0 bridgehead atoms. The van der Waals surface area contributed by atoms with E-state index in [1.54, 1.807) is 4.90 Å². The molecule has 35 heavy (non-hydrogen) atoms. The zero-order valence-corrected chi connectivity index (χ0v) is 19.7. The minimum atomic E-state index is -0.249. The summed E-state index contributed by atoms with van der Waals surface area (Å²) in [6, 6.07) is 20.8. The van der Waals surface area contributed by atoms with Crippen molar-refractivity contribution in [3.8, 4) is 5.75 Å². The Bertz CT molecular complexity index is 1310. The second-order valence-corrected chi connectivity index (χ2v) is 8.96. The van der Waals surface area contributed by atoms with Gasteiger partial charge in [-0.15, -0.1) is 0 Å². The van der Waals surface area contributed by atoms with Crippen molar-refractivity contribution in [3.05, 3.63) is 95.9 Å². The number of aromatic nitrogens is 2. The number of nitrogens with one attached hydrogen (secondary N) is 1. The first-order valence-electron chi connectivity index (χ1n) is 11.9. The van der Waals surface area contributed by atoms with Crippen molar-refractivity contribution in [3.63, 3.8) is 0 Å². The minimum Gasteiger partial charge on any atom is -0.487 e. The average Bonchev–Trinajstić information content (AvgIpc) is 3.31. The van der Waals surface area contributed by atoms with Gasteiger partial charge in [-0.05, 0) is 56.2 Å². The Morgan fingerprint density at radius 3 is 2.77 bits per heavy atom. The Balaban J connectivity index is 1.19. The number of piperidine rings is 1. The normalized spacial score (nSPS) is 15.7. The number of amides is 2. The molecule has 7 nitrogen and oxygen atoms in total. The molecule has 1 fully saturated rings. The molecule has 0 saturated carbocycles. The van der Waals surface area contributed by atoms with Gasteiger partial charge in [-0.1, -0.05) is 29.8 Å². The number of fused-ring (bicyclic) bond motifs is 1. The van der Waals surface area contributed by atoms with E-state index in [0.29, 0.717) is 36.7 Å². The standard InChI is InChI=1S/C28H28N4O3/c1-20-10-12-21(13-11-20)28(34)32-15-5-6-22(17-32)27(33)30-23-7-4-8-25(16-23)35-19-24-18-31-14-3-2-9-26(31)29-24/h2-4,7-14,16,18,22H,5-6,15,17,19H2,1H3,(H,30,33). The summed E-state index contributed by atoms with van der Waals surface area (Å²) in [7, 11) is 0. The Morgan fingerprint density at radius 2 is 1.94 bits per heavy atom. The topological polar surface area (TPSA) is 75.9 Å². The summed E-state index contributed by atoms with van der Waals surface area (Å²) in [6.07, 6.45) is 5.45. The van der Waals surface area contributed by atoms with Crippen LogP contribution in [0.5, 0.6) is 5.75 Å². The van der Waals surface area contributed by atoms with Crippen molar-refractivity contribution in [1.82, 2.24) is 14.3 Å². The quantitative estimate of drug-likeness (QED) is 0.445. The van der Waals surface area contributed by atoms with E-state index in [9.17, 15) is 9.59 Å². The third kappa shape index (κ3) is 5.35. The predicted molar refractivity (Wildman–Crippen MR) is 134 cm³/mol. The molecule has 1 saturated heterocycles. The summed E-state index contributed by atoms with van der Waals surface area (Å²) >= 11 is 0. The van der Waals surface area contributed by atoms with Crippen LogP contribution in [0.25, 0.3) is 5.65 Å². The first-order chi connectivity index (χ1) is 17.0. The summed E-state index contributed by atoms with van der Waals surface area (Å²) in [5.41, 5.74) is 4.14. The molecule has 178 valence electrons. The van der Waals surface area contributed by atoms with E-state index in [0.717, 1.165) is 29.7 Å². The van der Waals surface area contributed by atoms with Crippen molar-refractivity contribution in [1.29, 1.82) is 0 Å². The summed E-state index contributed by atoms with van der Waals surface area (Å²) in [6.45, 7) is 3.42. The van der Waals surface area contributed by atoms with Crippen molar-refractivity contribution in [2.75, 3.05) is 18.4 Å². The highest BCUT2D eigenvalue weighted by Crippen LogP contribution is 2.23. The molecule has 1 N–H and O–H groups in total. The number of likely N-dealkylation sites (tertiary alicyclic amines) is 1. The highest BCUT2D eigenvalue weighted by Gasteiger charge is 2.29. The Hall–Kier alpha value is -4.13. The van der Waals surface area contributed by atoms with E-state index in [1.807, 2.05) is 90.4 Å². The molecule has 1 unspecified atom stereocenters. The van der Waals surface area contributed by atoms with E-state index in [1.165, 1.54) is 0 Å². The van der Waals surface area contributed by atoms with Crippen LogP contribution in [-0.4, -0.2) is 39.2 Å². The average molecular weight is 469 g/mol. The Kier molecular flexibility index (Phi) is 6.48. The third-order valence-corrected chi connectivity index (χ3v) is 6.28. The van der Waals surface area contributed by atoms with E-state index in [2.05, 4.69) is 10.3 Å². The lowest BCUT2D eigenvalue weighted by Gasteiger charge is -2.32. The van der Waals surface area contributed by atoms with Gasteiger partial charge in [0.05, 0.1) is 11.6 Å². The molecule has 2 aromatic carbocycles. The van der Waals surface area contributed by atoms with Gasteiger partial charge < -0.3 is 19.4 Å². The maximum absolute atomic E-state index is 13.0. The maximum atomic E-state index is 13.0. The maximum Gasteiger partial charge on any atom is 0.253 e. The van der Waals surface area contributed by atoms with Gasteiger partial charge in [0.2, 0.25) is 5.91 Å². The number of rotatable bonds is 6. The predicted octanol–water partition coefficient (Wildman–Crippen LogP) is 4.71. The van der Waals surface area contributed by atoms with Crippen molar-refractivity contribution in [2.45, 2.75) is 26.4 Å². The van der Waals surface area contributed by atoms with E-state index in [4.69, 9.17) is 4.74 Å². The molecule has 2 amide bonds. The molecule has 1 aliphatic rings. The van der Waals surface area contributed by atoms with Crippen LogP contribution in [0.2, 0.25) is 0 Å². The first-order valence-corrected chi connectivity index (χ1v) is 11.9. The molecule has 0 spiro atoms. The molecule has 4 aromatic rings. The highest BCUT2D eigenvalue weighted by atomic mass is 16.5. The van der Waals surface area contributed by atoms with Crippen LogP contribution in [-0.2, 0) is 11.4 Å². The minimum absolute atomic E-state index is 0.0233. The SMILES string of the molecule is Cc1ccc(C(=O)N2CCCC(C(=O)Nc3cccc(OCc4cn5ccccc5n4)c3)C2)cc1. The van der Waals surface area contributed by atoms with Crippen LogP contribution in [0.1, 0.15) is 34.5 Å². The largest absolute Gasteiger partial charge is 0.487 e. The second-order valence-electron chi connectivity index (χ2n) is 8.96. The lowest BCUT2D eigenvalue weighted by Crippen LogP contribution is -2.43. The number of anilines is 1.